The Morgan fingerprint density at radius 2 is 1.22 bits per heavy atom. The number of H-pyrrole nitrogens is 2. The van der Waals surface area contributed by atoms with Gasteiger partial charge in [0.1, 0.15) is 23.7 Å². The molecule has 2 aromatic heterocycles. The first-order chi connectivity index (χ1) is 27.6. The van der Waals surface area contributed by atoms with E-state index in [1.807, 2.05) is 62.4 Å². The van der Waals surface area contributed by atoms with Crippen molar-refractivity contribution in [1.82, 2.24) is 40.0 Å². The first kappa shape index (κ1) is 41.5. The Morgan fingerprint density at radius 3 is 1.62 bits per heavy atom. The number of ether oxygens (including phenoxy) is 1. The monoisotopic (exact) mass is 794 g/mol. The summed E-state index contributed by atoms with van der Waals surface area (Å²) in [5, 5.41) is 33.2. The smallest absolute Gasteiger partial charge is 0.407 e. The number of carbonyl (C=O) groups excluding carboxylic acids is 3. The molecule has 58 heavy (non-hydrogen) atoms. The second kappa shape index (κ2) is 17.5. The second-order valence-corrected chi connectivity index (χ2v) is 15.5. The number of aliphatic hydroxyl groups is 2. The Hall–Kier alpha value is -6.18. The zero-order valence-corrected chi connectivity index (χ0v) is 33.3. The molecule has 16 heteroatoms. The lowest BCUT2D eigenvalue weighted by atomic mass is 10.0. The number of likely N-dealkylation sites (N-methyl/N-ethyl adjacent to an activating group) is 1. The first-order valence-electron chi connectivity index (χ1n) is 19.3. The number of methoxy groups -OCH3 is 1. The third kappa shape index (κ3) is 9.01. The average Bonchev–Trinajstić information content (AvgIpc) is 4.02. The van der Waals surface area contributed by atoms with Gasteiger partial charge >= 0.3 is 12.2 Å². The maximum atomic E-state index is 13.6. The van der Waals surface area contributed by atoms with E-state index >= 15 is 0 Å². The summed E-state index contributed by atoms with van der Waals surface area (Å²) in [6.07, 6.45) is 0.699. The van der Waals surface area contributed by atoms with Gasteiger partial charge in [-0.15, -0.1) is 0 Å². The normalized spacial score (nSPS) is 20.1. The zero-order chi connectivity index (χ0) is 41.8. The minimum Gasteiger partial charge on any atom is -0.465 e. The molecular weight excluding hydrogens is 745 g/mol. The van der Waals surface area contributed by atoms with Gasteiger partial charge in [-0.25, -0.2) is 19.6 Å². The van der Waals surface area contributed by atoms with E-state index in [1.54, 1.807) is 31.1 Å². The lowest BCUT2D eigenvalue weighted by Crippen LogP contribution is -2.51. The van der Waals surface area contributed by atoms with Gasteiger partial charge in [-0.05, 0) is 36.1 Å². The average molecular weight is 795 g/mol. The maximum absolute atomic E-state index is 13.6. The molecule has 306 valence electrons. The number of aliphatic hydroxyl groups excluding tert-OH is 2. The number of hydrogen-bond donors (Lipinski definition) is 6. The number of β-amino-alcohol motifs (C(OH)–C–C–N with tert-alkyl or cyclic N) is 2. The molecule has 4 aromatic rings. The standard InChI is InChI=1S/C42H50N8O8/c1-23(2)35(47-41(55)58-6)39(53)49-21-29(51)17-33(49)37-43-19-31(45-37)27-13-9-25(10-14-27)7-8-26-11-15-28(16-12-26)32-20-44-38(46-32)34-18-30(52)22-50(34)40(54)36(24(3)4)48(5)42(56)57/h9-16,19-20,23-24,29-30,33-36,51-52H,17-18,21-22H2,1-6H3,(H,43,45)(H,44,46)(H,47,55)(H,56,57)/t29-,30-,33-,34-,35-,36-/m0/s1. The summed E-state index contributed by atoms with van der Waals surface area (Å²) in [4.78, 5) is 70.7. The van der Waals surface area contributed by atoms with Gasteiger partial charge in [0, 0.05) is 67.6 Å². The summed E-state index contributed by atoms with van der Waals surface area (Å²) in [6.45, 7) is 7.45. The molecule has 6 atom stereocenters. The van der Waals surface area contributed by atoms with Gasteiger partial charge in [0.15, 0.2) is 0 Å². The fourth-order valence-corrected chi connectivity index (χ4v) is 7.60. The third-order valence-corrected chi connectivity index (χ3v) is 10.7. The fourth-order valence-electron chi connectivity index (χ4n) is 7.60. The number of amides is 4. The van der Waals surface area contributed by atoms with Crippen molar-refractivity contribution in [1.29, 1.82) is 0 Å². The van der Waals surface area contributed by atoms with E-state index in [-0.39, 0.29) is 43.2 Å². The van der Waals surface area contributed by atoms with Crippen LogP contribution in [0, 0.1) is 23.7 Å². The molecule has 4 heterocycles. The molecule has 2 aliphatic rings. The number of nitrogens with zero attached hydrogens (tertiary/aromatic N) is 5. The number of aromatic nitrogens is 4. The molecule has 0 unspecified atom stereocenters. The van der Waals surface area contributed by atoms with Crippen LogP contribution in [0.15, 0.2) is 60.9 Å². The van der Waals surface area contributed by atoms with Crippen LogP contribution in [0.4, 0.5) is 9.59 Å². The minimum atomic E-state index is -1.20. The van der Waals surface area contributed by atoms with E-state index in [9.17, 15) is 34.5 Å². The molecule has 16 nitrogen and oxygen atoms in total. The van der Waals surface area contributed by atoms with E-state index in [4.69, 9.17) is 14.7 Å². The van der Waals surface area contributed by atoms with Crippen LogP contribution < -0.4 is 5.32 Å². The molecule has 0 saturated carbocycles. The largest absolute Gasteiger partial charge is 0.465 e. The van der Waals surface area contributed by atoms with Gasteiger partial charge in [-0.3, -0.25) is 14.5 Å². The van der Waals surface area contributed by atoms with E-state index in [2.05, 4.69) is 27.1 Å². The highest BCUT2D eigenvalue weighted by atomic mass is 16.5. The van der Waals surface area contributed by atoms with Crippen molar-refractivity contribution < 1.29 is 39.2 Å². The first-order valence-corrected chi connectivity index (χ1v) is 19.3. The molecule has 2 saturated heterocycles. The molecule has 2 aromatic carbocycles. The van der Waals surface area contributed by atoms with Crippen molar-refractivity contribution in [3.8, 4) is 34.4 Å². The van der Waals surface area contributed by atoms with Crippen molar-refractivity contribution in [2.75, 3.05) is 27.2 Å². The van der Waals surface area contributed by atoms with Gasteiger partial charge in [0.25, 0.3) is 0 Å². The Morgan fingerprint density at radius 1 is 0.776 bits per heavy atom. The molecule has 0 bridgehead atoms. The van der Waals surface area contributed by atoms with Crippen LogP contribution in [0.2, 0.25) is 0 Å². The van der Waals surface area contributed by atoms with Crippen LogP contribution in [-0.2, 0) is 14.3 Å². The highest BCUT2D eigenvalue weighted by Gasteiger charge is 2.43. The number of aromatic amines is 2. The SMILES string of the molecule is COC(=O)N[C@H](C(=O)N1C[C@@H](O)C[C@H]1c1nc(-c2ccc(C#Cc3ccc(-c4c[nH]c([C@@H]5C[C@H](O)CN5C(=O)[C@H](C(C)C)N(C)C(=O)O)n4)cc3)cc2)c[nH]1)C(C)C. The van der Waals surface area contributed by atoms with E-state index in [1.165, 1.54) is 19.1 Å². The Labute approximate surface area is 336 Å². The highest BCUT2D eigenvalue weighted by molar-refractivity contribution is 5.87. The summed E-state index contributed by atoms with van der Waals surface area (Å²) < 4.78 is 4.71. The lowest BCUT2D eigenvalue weighted by molar-refractivity contribution is -0.139. The van der Waals surface area contributed by atoms with Crippen molar-refractivity contribution in [2.24, 2.45) is 11.8 Å². The second-order valence-electron chi connectivity index (χ2n) is 15.5. The maximum Gasteiger partial charge on any atom is 0.407 e. The van der Waals surface area contributed by atoms with Crippen molar-refractivity contribution in [3.05, 3.63) is 83.7 Å². The summed E-state index contributed by atoms with van der Waals surface area (Å²) in [5.74, 6) is 6.26. The van der Waals surface area contributed by atoms with Crippen LogP contribution in [0.5, 0.6) is 0 Å². The zero-order valence-electron chi connectivity index (χ0n) is 33.3. The van der Waals surface area contributed by atoms with Gasteiger partial charge in [0.05, 0.1) is 42.8 Å². The van der Waals surface area contributed by atoms with Crippen molar-refractivity contribution in [3.63, 3.8) is 0 Å². The summed E-state index contributed by atoms with van der Waals surface area (Å²) >= 11 is 0. The number of likely N-dealkylation sites (tertiary alicyclic amines) is 2. The molecule has 0 radical (unpaired) electrons. The lowest BCUT2D eigenvalue weighted by Gasteiger charge is -2.33. The quantitative estimate of drug-likeness (QED) is 0.126. The topological polar surface area (TPSA) is 217 Å². The van der Waals surface area contributed by atoms with Gasteiger partial charge in [-0.1, -0.05) is 63.8 Å². The predicted molar refractivity (Wildman–Crippen MR) is 213 cm³/mol. The molecule has 6 rings (SSSR count). The van der Waals surface area contributed by atoms with E-state index < -0.39 is 48.6 Å². The van der Waals surface area contributed by atoms with Crippen LogP contribution >= 0.6 is 0 Å². The number of imidazole rings is 2. The number of rotatable bonds is 10. The van der Waals surface area contributed by atoms with Gasteiger partial charge in [0.2, 0.25) is 11.8 Å². The number of nitrogens with one attached hydrogen (secondary N) is 3. The van der Waals surface area contributed by atoms with Gasteiger partial charge < -0.3 is 45.1 Å². The number of carboxylic acid groups (broad SMARTS) is 1. The molecule has 2 aliphatic heterocycles. The Balaban J connectivity index is 1.10. The van der Waals surface area contributed by atoms with Crippen molar-refractivity contribution >= 4 is 24.0 Å². The Kier molecular flexibility index (Phi) is 12.5. The van der Waals surface area contributed by atoms with E-state index in [0.717, 1.165) is 27.2 Å². The number of hydrogen-bond acceptors (Lipinski definition) is 9. The third-order valence-electron chi connectivity index (χ3n) is 10.7. The molecule has 4 amide bonds. The number of alkyl carbamates (subject to hydrolysis) is 1. The summed E-state index contributed by atoms with van der Waals surface area (Å²) in [6, 6.07) is 12.5. The van der Waals surface area contributed by atoms with Crippen LogP contribution in [0.3, 0.4) is 0 Å². The van der Waals surface area contributed by atoms with Crippen molar-refractivity contribution in [2.45, 2.75) is 76.9 Å². The Bertz CT molecular complexity index is 2170. The van der Waals surface area contributed by atoms with E-state index in [0.29, 0.717) is 29.5 Å². The van der Waals surface area contributed by atoms with Crippen LogP contribution in [-0.4, -0.2) is 125 Å². The fraction of sp³-hybridized carbons (Fsp3) is 0.429. The molecular formula is C42H50N8O8. The minimum absolute atomic E-state index is 0.0869. The van der Waals surface area contributed by atoms with Crippen LogP contribution in [0.25, 0.3) is 22.5 Å². The van der Waals surface area contributed by atoms with Gasteiger partial charge in [-0.2, -0.15) is 0 Å². The predicted octanol–water partition coefficient (Wildman–Crippen LogP) is 4.15. The summed E-state index contributed by atoms with van der Waals surface area (Å²) in [7, 11) is 2.62. The van der Waals surface area contributed by atoms with Crippen LogP contribution in [0.1, 0.15) is 75.4 Å². The summed E-state index contributed by atoms with van der Waals surface area (Å²) in [5.41, 5.74) is 4.57. The number of carbonyl (C=O) groups is 4. The molecule has 0 aliphatic carbocycles. The highest BCUT2D eigenvalue weighted by Crippen LogP contribution is 2.35. The molecule has 6 N–H and O–H groups in total. The molecule has 0 spiro atoms. The number of benzene rings is 2. The molecule has 2 fully saturated rings.